The van der Waals surface area contributed by atoms with Gasteiger partial charge in [0.25, 0.3) is 0 Å². The quantitative estimate of drug-likeness (QED) is 0.915. The zero-order chi connectivity index (χ0) is 14.2. The second kappa shape index (κ2) is 4.87. The number of nitrogens with zero attached hydrogens (tertiary/aromatic N) is 2. The van der Waals surface area contributed by atoms with Crippen LogP contribution in [-0.4, -0.2) is 11.7 Å². The van der Waals surface area contributed by atoms with Crippen molar-refractivity contribution in [2.24, 2.45) is 0 Å². The van der Waals surface area contributed by atoms with Crippen LogP contribution in [0.4, 0.5) is 5.82 Å². The Morgan fingerprint density at radius 1 is 1.37 bits per heavy atom. The summed E-state index contributed by atoms with van der Waals surface area (Å²) >= 11 is 6.01. The normalized spacial score (nSPS) is 10.3. The fraction of sp³-hybridized carbons (Fsp3) is 0.214. The minimum absolute atomic E-state index is 0.432. The molecule has 0 fully saturated rings. The number of anilines is 1. The van der Waals surface area contributed by atoms with E-state index in [1.165, 1.54) is 0 Å². The molecule has 0 aliphatic heterocycles. The molecule has 1 aromatic carbocycles. The van der Waals surface area contributed by atoms with E-state index in [1.54, 1.807) is 19.2 Å². The van der Waals surface area contributed by atoms with Crippen molar-refractivity contribution in [3.8, 4) is 17.5 Å². The predicted octanol–water partition coefficient (Wildman–Crippen LogP) is 3.21. The molecular formula is C14H14ClN3O. The van der Waals surface area contributed by atoms with Gasteiger partial charge in [0, 0.05) is 11.8 Å². The largest absolute Gasteiger partial charge is 0.495 e. The number of rotatable bonds is 2. The first kappa shape index (κ1) is 13.3. The van der Waals surface area contributed by atoms with Gasteiger partial charge in [-0.3, -0.25) is 4.57 Å². The molecule has 98 valence electrons. The summed E-state index contributed by atoms with van der Waals surface area (Å²) in [5.74, 6) is 1.00. The van der Waals surface area contributed by atoms with Crippen LogP contribution in [-0.2, 0) is 0 Å². The Balaban J connectivity index is 2.70. The van der Waals surface area contributed by atoms with Gasteiger partial charge in [0.1, 0.15) is 17.6 Å². The Labute approximate surface area is 117 Å². The lowest BCUT2D eigenvalue weighted by Gasteiger charge is -2.11. The van der Waals surface area contributed by atoms with Crippen LogP contribution in [0.15, 0.2) is 18.2 Å². The lowest BCUT2D eigenvalue weighted by molar-refractivity contribution is 0.415. The molecule has 0 aliphatic carbocycles. The molecule has 4 nitrogen and oxygen atoms in total. The molecule has 2 aromatic rings. The van der Waals surface area contributed by atoms with Gasteiger partial charge in [0.2, 0.25) is 0 Å². The Hall–Kier alpha value is -2.12. The lowest BCUT2D eigenvalue weighted by atomic mass is 10.2. The van der Waals surface area contributed by atoms with E-state index in [1.807, 2.05) is 24.5 Å². The molecule has 0 spiro atoms. The van der Waals surface area contributed by atoms with E-state index in [0.717, 1.165) is 16.9 Å². The van der Waals surface area contributed by atoms with Crippen molar-refractivity contribution < 1.29 is 4.74 Å². The van der Waals surface area contributed by atoms with Crippen molar-refractivity contribution in [1.82, 2.24) is 4.57 Å². The molecule has 2 N–H and O–H groups in total. The average molecular weight is 276 g/mol. The number of nitrogens with two attached hydrogens (primary N) is 1. The van der Waals surface area contributed by atoms with Crippen LogP contribution in [0, 0.1) is 25.2 Å². The van der Waals surface area contributed by atoms with E-state index in [-0.39, 0.29) is 0 Å². The van der Waals surface area contributed by atoms with Crippen LogP contribution in [0.2, 0.25) is 5.02 Å². The molecule has 0 bridgehead atoms. The zero-order valence-corrected chi connectivity index (χ0v) is 11.7. The molecule has 1 heterocycles. The number of hydrogen-bond donors (Lipinski definition) is 1. The van der Waals surface area contributed by atoms with E-state index in [4.69, 9.17) is 27.3 Å². The van der Waals surface area contributed by atoms with Gasteiger partial charge in [0.15, 0.2) is 0 Å². The van der Waals surface area contributed by atoms with Crippen LogP contribution in [0.1, 0.15) is 16.8 Å². The monoisotopic (exact) mass is 275 g/mol. The maximum Gasteiger partial charge on any atom is 0.139 e. The van der Waals surface area contributed by atoms with Gasteiger partial charge in [-0.15, -0.1) is 0 Å². The highest BCUT2D eigenvalue weighted by molar-refractivity contribution is 6.32. The number of methoxy groups -OCH3 is 1. The molecule has 1 aromatic heterocycles. The Morgan fingerprint density at radius 2 is 2.05 bits per heavy atom. The van der Waals surface area contributed by atoms with E-state index >= 15 is 0 Å². The fourth-order valence-corrected chi connectivity index (χ4v) is 2.29. The van der Waals surface area contributed by atoms with E-state index in [2.05, 4.69) is 6.07 Å². The third-order valence-corrected chi connectivity index (χ3v) is 3.57. The molecule has 0 radical (unpaired) electrons. The number of halogens is 1. The summed E-state index contributed by atoms with van der Waals surface area (Å²) in [5.41, 5.74) is 9.18. The first-order valence-corrected chi connectivity index (χ1v) is 6.10. The van der Waals surface area contributed by atoms with Gasteiger partial charge in [-0.1, -0.05) is 11.6 Å². The molecule has 0 saturated carbocycles. The molecule has 2 rings (SSSR count). The lowest BCUT2D eigenvalue weighted by Crippen LogP contribution is -2.03. The van der Waals surface area contributed by atoms with Crippen molar-refractivity contribution in [1.29, 1.82) is 5.26 Å². The van der Waals surface area contributed by atoms with E-state index in [0.29, 0.717) is 22.2 Å². The van der Waals surface area contributed by atoms with Gasteiger partial charge in [-0.05, 0) is 31.5 Å². The highest BCUT2D eigenvalue weighted by atomic mass is 35.5. The van der Waals surface area contributed by atoms with Crippen molar-refractivity contribution in [3.63, 3.8) is 0 Å². The van der Waals surface area contributed by atoms with Crippen molar-refractivity contribution in [3.05, 3.63) is 40.0 Å². The maximum atomic E-state index is 9.14. The molecule has 0 amide bonds. The van der Waals surface area contributed by atoms with Crippen molar-refractivity contribution in [2.45, 2.75) is 13.8 Å². The van der Waals surface area contributed by atoms with Crippen molar-refractivity contribution >= 4 is 17.4 Å². The summed E-state index contributed by atoms with van der Waals surface area (Å²) in [6.45, 7) is 3.81. The van der Waals surface area contributed by atoms with Crippen LogP contribution >= 0.6 is 11.6 Å². The zero-order valence-electron chi connectivity index (χ0n) is 11.0. The number of benzene rings is 1. The highest BCUT2D eigenvalue weighted by Gasteiger charge is 2.17. The van der Waals surface area contributed by atoms with Crippen LogP contribution < -0.4 is 10.5 Å². The minimum atomic E-state index is 0.432. The summed E-state index contributed by atoms with van der Waals surface area (Å²) in [6.07, 6.45) is 0. The maximum absolute atomic E-state index is 9.14. The van der Waals surface area contributed by atoms with Gasteiger partial charge < -0.3 is 10.5 Å². The number of aromatic nitrogens is 1. The van der Waals surface area contributed by atoms with Gasteiger partial charge in [-0.25, -0.2) is 0 Å². The second-order valence-corrected chi connectivity index (χ2v) is 4.64. The molecular weight excluding hydrogens is 262 g/mol. The van der Waals surface area contributed by atoms with E-state index < -0.39 is 0 Å². The molecule has 0 saturated heterocycles. The van der Waals surface area contributed by atoms with Crippen LogP contribution in [0.3, 0.4) is 0 Å². The Morgan fingerprint density at radius 3 is 2.58 bits per heavy atom. The van der Waals surface area contributed by atoms with Gasteiger partial charge >= 0.3 is 0 Å². The third kappa shape index (κ3) is 2.02. The minimum Gasteiger partial charge on any atom is -0.495 e. The molecule has 0 aliphatic rings. The summed E-state index contributed by atoms with van der Waals surface area (Å²) in [7, 11) is 1.56. The highest BCUT2D eigenvalue weighted by Crippen LogP contribution is 2.32. The topological polar surface area (TPSA) is 64.0 Å². The summed E-state index contributed by atoms with van der Waals surface area (Å²) in [4.78, 5) is 0. The SMILES string of the molecule is COc1cc(-n2c(C)c(C)c(C#N)c2N)ccc1Cl. The Bertz CT molecular complexity index is 683. The number of nitrogen functional groups attached to an aromatic ring is 1. The smallest absolute Gasteiger partial charge is 0.139 e. The Kier molecular flexibility index (Phi) is 3.41. The summed E-state index contributed by atoms with van der Waals surface area (Å²) in [5, 5.41) is 9.67. The first-order chi connectivity index (χ1) is 9.01. The third-order valence-electron chi connectivity index (χ3n) is 3.25. The van der Waals surface area contributed by atoms with Crippen LogP contribution in [0.25, 0.3) is 5.69 Å². The van der Waals surface area contributed by atoms with Crippen molar-refractivity contribution in [2.75, 3.05) is 12.8 Å². The number of hydrogen-bond acceptors (Lipinski definition) is 3. The number of nitriles is 1. The summed E-state index contributed by atoms with van der Waals surface area (Å²) in [6, 6.07) is 7.52. The predicted molar refractivity (Wildman–Crippen MR) is 75.9 cm³/mol. The number of ether oxygens (including phenoxy) is 1. The molecule has 19 heavy (non-hydrogen) atoms. The van der Waals surface area contributed by atoms with E-state index in [9.17, 15) is 0 Å². The molecule has 0 atom stereocenters. The second-order valence-electron chi connectivity index (χ2n) is 4.24. The van der Waals surface area contributed by atoms with Gasteiger partial charge in [0.05, 0.1) is 23.4 Å². The summed E-state index contributed by atoms with van der Waals surface area (Å²) < 4.78 is 7.03. The average Bonchev–Trinajstić information content (AvgIpc) is 2.61. The molecule has 5 heteroatoms. The first-order valence-electron chi connectivity index (χ1n) is 5.72. The van der Waals surface area contributed by atoms with Gasteiger partial charge in [-0.2, -0.15) is 5.26 Å². The standard InChI is InChI=1S/C14H14ClN3O/c1-8-9(2)18(14(17)11(8)7-16)10-4-5-12(15)13(6-10)19-3/h4-6H,17H2,1-3H3. The fourth-order valence-electron chi connectivity index (χ4n) is 2.09. The molecule has 0 unspecified atom stereocenters. The van der Waals surface area contributed by atoms with Crippen LogP contribution in [0.5, 0.6) is 5.75 Å².